The molecule has 1 heterocycles. The first-order chi connectivity index (χ1) is 13.1. The van der Waals surface area contributed by atoms with Gasteiger partial charge < -0.3 is 14.8 Å². The van der Waals surface area contributed by atoms with E-state index in [1.54, 1.807) is 12.1 Å². The molecule has 2 atom stereocenters. The van der Waals surface area contributed by atoms with Gasteiger partial charge in [0.1, 0.15) is 12.4 Å². The molecule has 1 fully saturated rings. The van der Waals surface area contributed by atoms with Crippen molar-refractivity contribution in [1.29, 1.82) is 5.26 Å². The van der Waals surface area contributed by atoms with Crippen molar-refractivity contribution in [2.45, 2.75) is 18.9 Å². The maximum Gasteiger partial charge on any atom is 0.309 e. The van der Waals surface area contributed by atoms with Crippen LogP contribution in [0.25, 0.3) is 11.1 Å². The van der Waals surface area contributed by atoms with Gasteiger partial charge in [-0.15, -0.1) is 0 Å². The Morgan fingerprint density at radius 2 is 1.78 bits per heavy atom. The number of hydrogen-bond acceptors (Lipinski definition) is 5. The number of hydrogen-bond donors (Lipinski definition) is 1. The van der Waals surface area contributed by atoms with Crippen LogP contribution < -0.4 is 10.1 Å². The zero-order valence-corrected chi connectivity index (χ0v) is 15.0. The molecule has 1 aliphatic heterocycles. The number of benzene rings is 2. The Kier molecular flexibility index (Phi) is 5.72. The van der Waals surface area contributed by atoms with Crippen molar-refractivity contribution in [2.75, 3.05) is 13.7 Å². The van der Waals surface area contributed by atoms with Crippen molar-refractivity contribution in [2.24, 2.45) is 5.92 Å². The Hall–Kier alpha value is -3.33. The van der Waals surface area contributed by atoms with E-state index in [-0.39, 0.29) is 30.9 Å². The molecule has 0 unspecified atom stereocenters. The maximum absolute atomic E-state index is 11.8. The molecule has 2 aromatic carbocycles. The number of nitrogens with zero attached hydrogens (tertiary/aromatic N) is 1. The molecule has 1 aliphatic rings. The fraction of sp³-hybridized carbons (Fsp3) is 0.286. The second kappa shape index (κ2) is 8.37. The molecule has 0 saturated carbocycles. The van der Waals surface area contributed by atoms with Gasteiger partial charge in [0, 0.05) is 6.42 Å². The van der Waals surface area contributed by atoms with Gasteiger partial charge in [-0.05, 0) is 41.8 Å². The quantitative estimate of drug-likeness (QED) is 0.824. The minimum atomic E-state index is -0.420. The van der Waals surface area contributed by atoms with Crippen LogP contribution in [0.1, 0.15) is 18.4 Å². The molecule has 0 aromatic heterocycles. The van der Waals surface area contributed by atoms with Crippen LogP contribution in [0.2, 0.25) is 0 Å². The predicted molar refractivity (Wildman–Crippen MR) is 98.8 cm³/mol. The highest BCUT2D eigenvalue weighted by Crippen LogP contribution is 2.24. The van der Waals surface area contributed by atoms with Crippen LogP contribution in [0.3, 0.4) is 0 Å². The summed E-state index contributed by atoms with van der Waals surface area (Å²) >= 11 is 0. The lowest BCUT2D eigenvalue weighted by Crippen LogP contribution is -2.47. The van der Waals surface area contributed by atoms with E-state index in [9.17, 15) is 9.59 Å². The number of carbonyl (C=O) groups excluding carboxylic acids is 2. The molecule has 1 N–H and O–H groups in total. The maximum atomic E-state index is 11.8. The second-order valence-electron chi connectivity index (χ2n) is 6.45. The Morgan fingerprint density at radius 3 is 2.37 bits per heavy atom. The van der Waals surface area contributed by atoms with E-state index in [1.807, 2.05) is 36.4 Å². The molecule has 0 bridgehead atoms. The van der Waals surface area contributed by atoms with Crippen molar-refractivity contribution >= 4 is 11.9 Å². The Balaban J connectivity index is 1.59. The summed E-state index contributed by atoms with van der Waals surface area (Å²) in [6.45, 7) is 0.287. The first kappa shape index (κ1) is 18.5. The molecule has 2 aromatic rings. The van der Waals surface area contributed by atoms with Crippen LogP contribution in [0.5, 0.6) is 5.75 Å². The number of rotatable bonds is 5. The largest absolute Gasteiger partial charge is 0.491 e. The number of nitrogens with one attached hydrogen (secondary N) is 1. The molecule has 0 radical (unpaired) electrons. The first-order valence-corrected chi connectivity index (χ1v) is 8.69. The Labute approximate surface area is 157 Å². The minimum absolute atomic E-state index is 0.155. The lowest BCUT2D eigenvalue weighted by Gasteiger charge is -2.28. The van der Waals surface area contributed by atoms with Crippen molar-refractivity contribution in [3.8, 4) is 22.9 Å². The second-order valence-corrected chi connectivity index (χ2v) is 6.45. The third kappa shape index (κ3) is 4.64. The number of carbonyl (C=O) groups is 2. The molecular weight excluding hydrogens is 344 g/mol. The van der Waals surface area contributed by atoms with E-state index in [2.05, 4.69) is 11.4 Å². The zero-order valence-electron chi connectivity index (χ0n) is 15.0. The summed E-state index contributed by atoms with van der Waals surface area (Å²) in [6, 6.07) is 16.8. The van der Waals surface area contributed by atoms with Gasteiger partial charge in [0.15, 0.2) is 0 Å². The highest BCUT2D eigenvalue weighted by molar-refractivity contribution is 5.84. The van der Waals surface area contributed by atoms with E-state index in [0.717, 1.165) is 11.1 Å². The molecule has 6 nitrogen and oxygen atoms in total. The molecular formula is C21H20N2O4. The molecule has 0 spiro atoms. The smallest absolute Gasteiger partial charge is 0.309 e. The van der Waals surface area contributed by atoms with E-state index >= 15 is 0 Å². The summed E-state index contributed by atoms with van der Waals surface area (Å²) in [5, 5.41) is 11.7. The average Bonchev–Trinajstić information content (AvgIpc) is 2.71. The van der Waals surface area contributed by atoms with Gasteiger partial charge in [0.05, 0.1) is 30.7 Å². The third-order valence-electron chi connectivity index (χ3n) is 4.55. The monoisotopic (exact) mass is 364 g/mol. The van der Waals surface area contributed by atoms with Gasteiger partial charge in [-0.25, -0.2) is 0 Å². The molecule has 138 valence electrons. The van der Waals surface area contributed by atoms with Crippen LogP contribution in [0.15, 0.2) is 48.5 Å². The van der Waals surface area contributed by atoms with Crippen molar-refractivity contribution < 1.29 is 19.1 Å². The van der Waals surface area contributed by atoms with Crippen molar-refractivity contribution in [3.05, 3.63) is 54.1 Å². The number of ether oxygens (including phenoxy) is 2. The van der Waals surface area contributed by atoms with Gasteiger partial charge in [-0.3, -0.25) is 9.59 Å². The van der Waals surface area contributed by atoms with Crippen LogP contribution in [-0.4, -0.2) is 31.6 Å². The summed E-state index contributed by atoms with van der Waals surface area (Å²) in [6.07, 6.45) is 0.657. The third-order valence-corrected chi connectivity index (χ3v) is 4.55. The van der Waals surface area contributed by atoms with E-state index in [0.29, 0.717) is 17.7 Å². The fourth-order valence-corrected chi connectivity index (χ4v) is 3.13. The van der Waals surface area contributed by atoms with Gasteiger partial charge in [0.2, 0.25) is 5.91 Å². The highest BCUT2D eigenvalue weighted by Gasteiger charge is 2.32. The Bertz CT molecular complexity index is 853. The van der Waals surface area contributed by atoms with Crippen LogP contribution in [-0.2, 0) is 14.3 Å². The zero-order chi connectivity index (χ0) is 19.2. The number of esters is 1. The fourth-order valence-electron chi connectivity index (χ4n) is 3.13. The van der Waals surface area contributed by atoms with E-state index in [4.69, 9.17) is 14.7 Å². The Morgan fingerprint density at radius 1 is 1.15 bits per heavy atom. The van der Waals surface area contributed by atoms with E-state index in [1.165, 1.54) is 7.11 Å². The van der Waals surface area contributed by atoms with Crippen LogP contribution in [0.4, 0.5) is 0 Å². The number of nitriles is 1. The number of methoxy groups -OCH3 is 1. The average molecular weight is 364 g/mol. The molecule has 1 saturated heterocycles. The normalized spacial score (nSPS) is 18.9. The van der Waals surface area contributed by atoms with E-state index < -0.39 is 5.92 Å². The lowest BCUT2D eigenvalue weighted by atomic mass is 9.92. The SMILES string of the molecule is COC(=O)[C@@H]1CC(=O)N[C@H](COc2ccc(-c3ccc(C#N)cc3)cc2)C1. The first-order valence-electron chi connectivity index (χ1n) is 8.69. The molecule has 1 amide bonds. The summed E-state index contributed by atoms with van der Waals surface area (Å²) in [5.41, 5.74) is 2.66. The number of amides is 1. The minimum Gasteiger partial charge on any atom is -0.491 e. The topological polar surface area (TPSA) is 88.4 Å². The number of piperidine rings is 1. The van der Waals surface area contributed by atoms with Gasteiger partial charge >= 0.3 is 5.97 Å². The summed E-state index contributed by atoms with van der Waals surface area (Å²) in [5.74, 6) is -0.263. The molecule has 0 aliphatic carbocycles. The van der Waals surface area contributed by atoms with Crippen LogP contribution in [0, 0.1) is 17.2 Å². The van der Waals surface area contributed by atoms with Crippen LogP contribution >= 0.6 is 0 Å². The van der Waals surface area contributed by atoms with Gasteiger partial charge in [0.25, 0.3) is 0 Å². The highest BCUT2D eigenvalue weighted by atomic mass is 16.5. The molecule has 6 heteroatoms. The van der Waals surface area contributed by atoms with Crippen molar-refractivity contribution in [1.82, 2.24) is 5.32 Å². The standard InChI is InChI=1S/C21H20N2O4/c1-26-21(25)17-10-18(23-20(24)11-17)13-27-19-8-6-16(7-9-19)15-4-2-14(12-22)3-5-15/h2-9,17-18H,10-11,13H2,1H3,(H,23,24)/t17-,18-/m0/s1. The molecule has 27 heavy (non-hydrogen) atoms. The molecule has 3 rings (SSSR count). The van der Waals surface area contributed by atoms with Crippen molar-refractivity contribution in [3.63, 3.8) is 0 Å². The summed E-state index contributed by atoms with van der Waals surface area (Å²) in [7, 11) is 1.33. The van der Waals surface area contributed by atoms with Gasteiger partial charge in [-0.2, -0.15) is 5.26 Å². The lowest BCUT2D eigenvalue weighted by molar-refractivity contribution is -0.149. The van der Waals surface area contributed by atoms with Gasteiger partial charge in [-0.1, -0.05) is 24.3 Å². The summed E-state index contributed by atoms with van der Waals surface area (Å²) < 4.78 is 10.5. The summed E-state index contributed by atoms with van der Waals surface area (Å²) in [4.78, 5) is 23.5. The predicted octanol–water partition coefficient (Wildman–Crippen LogP) is 2.67.